The molecule has 0 heterocycles. The molecule has 203 valence electrons. The molecule has 0 aliphatic heterocycles. The van der Waals surface area contributed by atoms with Crippen LogP contribution in [-0.2, 0) is 20.6 Å². The van der Waals surface area contributed by atoms with E-state index in [2.05, 4.69) is 158 Å². The Labute approximate surface area is 269 Å². The number of halogens is 2. The Morgan fingerprint density at radius 3 is 0.905 bits per heavy atom. The van der Waals surface area contributed by atoms with Crippen molar-refractivity contribution >= 4 is 16.4 Å². The molecule has 0 unspecified atom stereocenters. The van der Waals surface area contributed by atoms with Crippen LogP contribution in [-0.4, -0.2) is 5.98 Å². The van der Waals surface area contributed by atoms with Crippen LogP contribution in [0, 0.1) is 0 Å². The SMILES string of the molecule is [Cl-].[Cl-].c1ccc([SiH](c2ccccc2)[Hf+2]([CH]2c3ccccc3-c3ccccc32)[CH]2c3ccccc3-c3ccccc32)cc1. The summed E-state index contributed by atoms with van der Waals surface area (Å²) < 4.78 is 1.05. The zero-order chi connectivity index (χ0) is 26.5. The van der Waals surface area contributed by atoms with Gasteiger partial charge in [0.15, 0.2) is 0 Å². The molecule has 0 bridgehead atoms. The van der Waals surface area contributed by atoms with Crippen molar-refractivity contribution in [3.8, 4) is 22.3 Å². The van der Waals surface area contributed by atoms with Gasteiger partial charge in [-0.05, 0) is 0 Å². The molecular weight excluding hydrogens is 734 g/mol. The zero-order valence-electron chi connectivity index (χ0n) is 23.0. The van der Waals surface area contributed by atoms with Crippen LogP contribution in [0.15, 0.2) is 158 Å². The van der Waals surface area contributed by atoms with Crippen molar-refractivity contribution in [3.63, 3.8) is 0 Å². The van der Waals surface area contributed by atoms with Crippen molar-refractivity contribution in [2.75, 3.05) is 0 Å². The molecule has 42 heavy (non-hydrogen) atoms. The number of benzene rings is 6. The first-order valence-corrected chi connectivity index (χ1v) is 26.3. The van der Waals surface area contributed by atoms with Gasteiger partial charge >= 0.3 is 247 Å². The van der Waals surface area contributed by atoms with E-state index in [9.17, 15) is 0 Å². The van der Waals surface area contributed by atoms with Crippen LogP contribution in [0.5, 0.6) is 0 Å². The van der Waals surface area contributed by atoms with E-state index in [4.69, 9.17) is 0 Å². The molecule has 0 amide bonds. The van der Waals surface area contributed by atoms with E-state index < -0.39 is 26.6 Å². The van der Waals surface area contributed by atoms with Crippen LogP contribution >= 0.6 is 0 Å². The molecule has 0 spiro atoms. The van der Waals surface area contributed by atoms with Crippen molar-refractivity contribution in [2.24, 2.45) is 0 Å². The minimum atomic E-state index is -2.85. The van der Waals surface area contributed by atoms with Crippen LogP contribution in [0.3, 0.4) is 0 Å². The normalized spacial score (nSPS) is 12.9. The maximum atomic E-state index is 2.46. The third-order valence-electron chi connectivity index (χ3n) is 8.93. The number of rotatable bonds is 5. The summed E-state index contributed by atoms with van der Waals surface area (Å²) in [7, 11) is 0. The second-order valence-electron chi connectivity index (χ2n) is 11.0. The monoisotopic (exact) mass is 763 g/mol. The Hall–Kier alpha value is -3.01. The topological polar surface area (TPSA) is 0 Å². The maximum absolute atomic E-state index is 2.85. The van der Waals surface area contributed by atoms with Crippen molar-refractivity contribution in [2.45, 2.75) is 7.35 Å². The van der Waals surface area contributed by atoms with Gasteiger partial charge in [0.1, 0.15) is 0 Å². The molecule has 0 saturated heterocycles. The summed E-state index contributed by atoms with van der Waals surface area (Å²) in [5, 5.41) is 3.22. The summed E-state index contributed by atoms with van der Waals surface area (Å²) in [6, 6.07) is 60.6. The molecule has 0 nitrogen and oxygen atoms in total. The first kappa shape index (κ1) is 29.1. The van der Waals surface area contributed by atoms with Gasteiger partial charge in [-0.25, -0.2) is 0 Å². The van der Waals surface area contributed by atoms with Crippen LogP contribution < -0.4 is 35.2 Å². The third-order valence-corrected chi connectivity index (χ3v) is 40.8. The molecule has 6 aromatic rings. The minimum absolute atomic E-state index is 0. The molecule has 0 N–H and O–H groups in total. The van der Waals surface area contributed by atoms with E-state index in [0.29, 0.717) is 7.35 Å². The molecule has 2 aliphatic carbocycles. The van der Waals surface area contributed by atoms with E-state index in [1.165, 1.54) is 22.3 Å². The van der Waals surface area contributed by atoms with Gasteiger partial charge in [-0.2, -0.15) is 0 Å². The van der Waals surface area contributed by atoms with E-state index in [1.54, 1.807) is 32.6 Å². The van der Waals surface area contributed by atoms with Crippen LogP contribution in [0.1, 0.15) is 29.6 Å². The van der Waals surface area contributed by atoms with Gasteiger partial charge in [0, 0.05) is 0 Å². The quantitative estimate of drug-likeness (QED) is 0.235. The Morgan fingerprint density at radius 2 is 0.595 bits per heavy atom. The fourth-order valence-electron chi connectivity index (χ4n) is 7.40. The number of hydrogen-bond donors (Lipinski definition) is 0. The Morgan fingerprint density at radius 1 is 0.333 bits per heavy atom. The first-order valence-electron chi connectivity index (χ1n) is 14.2. The summed E-state index contributed by atoms with van der Waals surface area (Å²) in [4.78, 5) is 0. The predicted molar refractivity (Wildman–Crippen MR) is 167 cm³/mol. The number of hydrogen-bond acceptors (Lipinski definition) is 0. The fourth-order valence-corrected chi connectivity index (χ4v) is 45.9. The predicted octanol–water partition coefficient (Wildman–Crippen LogP) is 1.69. The van der Waals surface area contributed by atoms with E-state index >= 15 is 0 Å². The van der Waals surface area contributed by atoms with Crippen molar-refractivity contribution in [1.82, 2.24) is 0 Å². The molecule has 4 heteroatoms. The van der Waals surface area contributed by atoms with Gasteiger partial charge in [0.25, 0.3) is 0 Å². The van der Waals surface area contributed by atoms with Gasteiger partial charge in [-0.15, -0.1) is 0 Å². The Kier molecular flexibility index (Phi) is 8.52. The van der Waals surface area contributed by atoms with E-state index in [0.717, 1.165) is 0 Å². The summed E-state index contributed by atoms with van der Waals surface area (Å²) in [5.74, 6) is -1.59. The Bertz CT molecular complexity index is 1610. The molecule has 6 aromatic carbocycles. The summed E-state index contributed by atoms with van der Waals surface area (Å²) >= 11 is -2.85. The van der Waals surface area contributed by atoms with E-state index in [-0.39, 0.29) is 24.8 Å². The van der Waals surface area contributed by atoms with Crippen molar-refractivity contribution in [1.29, 1.82) is 0 Å². The average Bonchev–Trinajstić information content (AvgIpc) is 3.54. The van der Waals surface area contributed by atoms with E-state index in [1.807, 2.05) is 0 Å². The summed E-state index contributed by atoms with van der Waals surface area (Å²) in [5.41, 5.74) is 12.2. The van der Waals surface area contributed by atoms with Crippen LogP contribution in [0.25, 0.3) is 22.3 Å². The molecule has 0 saturated carbocycles. The van der Waals surface area contributed by atoms with Gasteiger partial charge < -0.3 is 24.8 Å². The van der Waals surface area contributed by atoms with Gasteiger partial charge in [-0.3, -0.25) is 0 Å². The summed E-state index contributed by atoms with van der Waals surface area (Å²) in [6.45, 7) is 0. The van der Waals surface area contributed by atoms with Crippen LogP contribution in [0.2, 0.25) is 0 Å². The molecule has 0 atom stereocenters. The standard InChI is InChI=1S/2C13H9.C12H11Si.2ClH.Hf/c2*1-3-7-12-10(5-1)9-11-6-2-4-8-13(11)12;1-3-7-11(8-4-1)13-12-9-5-2-6-10-12;;;/h2*1-9H;1-10,13H;2*1H;/q;;;;;+2/p-2. The number of fused-ring (bicyclic) bond motifs is 6. The second kappa shape index (κ2) is 12.3. The van der Waals surface area contributed by atoms with Crippen molar-refractivity contribution < 1.29 is 45.4 Å². The van der Waals surface area contributed by atoms with Gasteiger partial charge in [-0.1, -0.05) is 0 Å². The van der Waals surface area contributed by atoms with Crippen molar-refractivity contribution in [3.05, 3.63) is 180 Å². The van der Waals surface area contributed by atoms with Gasteiger partial charge in [0.05, 0.1) is 0 Å². The molecule has 2 aliphatic rings. The fraction of sp³-hybridized carbons (Fsp3) is 0.0526. The van der Waals surface area contributed by atoms with Crippen LogP contribution in [0.4, 0.5) is 0 Å². The summed E-state index contributed by atoms with van der Waals surface area (Å²) in [6.07, 6.45) is 0. The average molecular weight is 763 g/mol. The molecule has 0 fully saturated rings. The molecule has 0 radical (unpaired) electrons. The third kappa shape index (κ3) is 4.70. The zero-order valence-corrected chi connectivity index (χ0v) is 29.3. The first-order chi connectivity index (χ1) is 19.9. The molecular formula is C38H29Cl2HfSi. The molecule has 8 rings (SSSR count). The Balaban J connectivity index is 0.00000158. The van der Waals surface area contributed by atoms with Gasteiger partial charge in [0.2, 0.25) is 0 Å². The molecule has 0 aromatic heterocycles. The second-order valence-corrected chi connectivity index (χ2v) is 32.6.